The molecule has 2 heterocycles. The van der Waals surface area contributed by atoms with E-state index in [0.717, 1.165) is 23.4 Å². The van der Waals surface area contributed by atoms with Gasteiger partial charge in [0.25, 0.3) is 5.91 Å². The van der Waals surface area contributed by atoms with Gasteiger partial charge in [-0.2, -0.15) is 13.2 Å². The van der Waals surface area contributed by atoms with E-state index in [1.807, 2.05) is 30.3 Å². The van der Waals surface area contributed by atoms with Crippen molar-refractivity contribution >= 4 is 23.4 Å². The quantitative estimate of drug-likeness (QED) is 0.540. The number of rotatable bonds is 5. The van der Waals surface area contributed by atoms with E-state index in [9.17, 15) is 27.6 Å². The van der Waals surface area contributed by atoms with Gasteiger partial charge < -0.3 is 15.1 Å². The molecule has 0 spiro atoms. The molecule has 1 N–H and O–H groups in total. The molecule has 1 aromatic heterocycles. The summed E-state index contributed by atoms with van der Waals surface area (Å²) >= 11 is 0. The van der Waals surface area contributed by atoms with Gasteiger partial charge in [0, 0.05) is 31.7 Å². The van der Waals surface area contributed by atoms with E-state index in [4.69, 9.17) is 0 Å². The highest BCUT2D eigenvalue weighted by atomic mass is 19.4. The molecule has 0 atom stereocenters. The Labute approximate surface area is 205 Å². The van der Waals surface area contributed by atoms with E-state index < -0.39 is 41.4 Å². The van der Waals surface area contributed by atoms with Crippen LogP contribution >= 0.6 is 0 Å². The van der Waals surface area contributed by atoms with E-state index in [0.29, 0.717) is 5.69 Å². The number of carbonyl (C=O) groups is 3. The molecule has 1 aliphatic rings. The second-order valence-electron chi connectivity index (χ2n) is 8.24. The summed E-state index contributed by atoms with van der Waals surface area (Å²) in [5.41, 5.74) is 0.721. The lowest BCUT2D eigenvalue weighted by Gasteiger charge is -2.35. The van der Waals surface area contributed by atoms with Crippen molar-refractivity contribution in [1.29, 1.82) is 0 Å². The maximum Gasteiger partial charge on any atom is 0.417 e. The van der Waals surface area contributed by atoms with E-state index in [1.54, 1.807) is 12.1 Å². The summed E-state index contributed by atoms with van der Waals surface area (Å²) in [5, 5.41) is 2.64. The van der Waals surface area contributed by atoms with E-state index >= 15 is 0 Å². The first-order chi connectivity index (χ1) is 17.2. The minimum atomic E-state index is -4.64. The molecule has 3 amide bonds. The van der Waals surface area contributed by atoms with Gasteiger partial charge in [0.1, 0.15) is 6.42 Å². The first kappa shape index (κ1) is 24.9. The molecule has 3 aromatic rings. The van der Waals surface area contributed by atoms with Gasteiger partial charge in [-0.25, -0.2) is 0 Å². The monoisotopic (exact) mass is 496 g/mol. The van der Waals surface area contributed by atoms with Gasteiger partial charge in [0.2, 0.25) is 11.8 Å². The SMILES string of the molecule is O=C(CC(=O)N1CCN(C(=O)c2ccccc2C(F)(F)F)CC1)Nc1ccc(-c2ccccc2)nc1. The summed E-state index contributed by atoms with van der Waals surface area (Å²) in [4.78, 5) is 44.6. The zero-order valence-electron chi connectivity index (χ0n) is 19.2. The summed E-state index contributed by atoms with van der Waals surface area (Å²) in [7, 11) is 0. The Morgan fingerprint density at radius 1 is 0.833 bits per heavy atom. The smallest absolute Gasteiger partial charge is 0.339 e. The fourth-order valence-corrected chi connectivity index (χ4v) is 3.95. The fraction of sp³-hybridized carbons (Fsp3) is 0.231. The number of halogens is 3. The first-order valence-electron chi connectivity index (χ1n) is 11.3. The topological polar surface area (TPSA) is 82.6 Å². The number of hydrogen-bond donors (Lipinski definition) is 1. The largest absolute Gasteiger partial charge is 0.417 e. The molecule has 0 saturated carbocycles. The Kier molecular flexibility index (Phi) is 7.33. The van der Waals surface area contributed by atoms with Crippen molar-refractivity contribution in [3.63, 3.8) is 0 Å². The Morgan fingerprint density at radius 2 is 1.47 bits per heavy atom. The molecule has 186 valence electrons. The van der Waals surface area contributed by atoms with Crippen LogP contribution in [-0.2, 0) is 15.8 Å². The molecule has 7 nitrogen and oxygen atoms in total. The Balaban J connectivity index is 1.28. The maximum atomic E-state index is 13.3. The predicted octanol–water partition coefficient (Wildman–Crippen LogP) is 4.08. The third kappa shape index (κ3) is 5.88. The molecule has 36 heavy (non-hydrogen) atoms. The molecule has 0 aliphatic carbocycles. The number of anilines is 1. The van der Waals surface area contributed by atoms with Gasteiger partial charge in [-0.3, -0.25) is 19.4 Å². The standard InChI is InChI=1S/C26H23F3N4O3/c27-26(28,29)21-9-5-4-8-20(21)25(36)33-14-12-32(13-15-33)24(35)16-23(34)31-19-10-11-22(30-17-19)18-6-2-1-3-7-18/h1-11,17H,12-16H2,(H,31,34). The third-order valence-corrected chi connectivity index (χ3v) is 5.81. The van der Waals surface area contributed by atoms with Gasteiger partial charge in [-0.05, 0) is 24.3 Å². The van der Waals surface area contributed by atoms with Crippen LogP contribution < -0.4 is 5.32 Å². The number of amides is 3. The molecule has 0 unspecified atom stereocenters. The second kappa shape index (κ2) is 10.6. The summed E-state index contributed by atoms with van der Waals surface area (Å²) in [6, 6.07) is 17.6. The molecule has 4 rings (SSSR count). The van der Waals surface area contributed by atoms with Crippen LogP contribution in [0, 0.1) is 0 Å². The number of aromatic nitrogens is 1. The number of hydrogen-bond acceptors (Lipinski definition) is 4. The number of benzene rings is 2. The van der Waals surface area contributed by atoms with Crippen LogP contribution in [0.1, 0.15) is 22.3 Å². The number of carbonyl (C=O) groups excluding carboxylic acids is 3. The summed E-state index contributed by atoms with van der Waals surface area (Å²) in [6.07, 6.45) is -3.53. The molecule has 2 aromatic carbocycles. The summed E-state index contributed by atoms with van der Waals surface area (Å²) in [6.45, 7) is 0.394. The third-order valence-electron chi connectivity index (χ3n) is 5.81. The average Bonchev–Trinajstić information content (AvgIpc) is 2.89. The van der Waals surface area contributed by atoms with Crippen LogP contribution in [0.5, 0.6) is 0 Å². The lowest BCUT2D eigenvalue weighted by molar-refractivity contribution is -0.138. The Bertz CT molecular complexity index is 1240. The minimum Gasteiger partial charge on any atom is -0.339 e. The zero-order valence-corrected chi connectivity index (χ0v) is 19.2. The van der Waals surface area contributed by atoms with Crippen molar-refractivity contribution in [1.82, 2.24) is 14.8 Å². The van der Waals surface area contributed by atoms with Gasteiger partial charge in [-0.1, -0.05) is 42.5 Å². The lowest BCUT2D eigenvalue weighted by Crippen LogP contribution is -2.51. The van der Waals surface area contributed by atoms with E-state index in [2.05, 4.69) is 10.3 Å². The van der Waals surface area contributed by atoms with Crippen molar-refractivity contribution in [2.45, 2.75) is 12.6 Å². The number of nitrogens with zero attached hydrogens (tertiary/aromatic N) is 3. The second-order valence-corrected chi connectivity index (χ2v) is 8.24. The number of pyridine rings is 1. The molecule has 1 aliphatic heterocycles. The van der Waals surface area contributed by atoms with E-state index in [-0.39, 0.29) is 26.2 Å². The Morgan fingerprint density at radius 3 is 2.11 bits per heavy atom. The highest BCUT2D eigenvalue weighted by molar-refractivity contribution is 6.03. The Hall–Kier alpha value is -4.21. The number of nitrogens with one attached hydrogen (secondary N) is 1. The van der Waals surface area contributed by atoms with Gasteiger partial charge in [0.05, 0.1) is 28.7 Å². The lowest BCUT2D eigenvalue weighted by atomic mass is 10.1. The van der Waals surface area contributed by atoms with Crippen LogP contribution in [0.25, 0.3) is 11.3 Å². The van der Waals surface area contributed by atoms with Gasteiger partial charge in [-0.15, -0.1) is 0 Å². The van der Waals surface area contributed by atoms with Crippen molar-refractivity contribution in [3.05, 3.63) is 84.1 Å². The van der Waals surface area contributed by atoms with Gasteiger partial charge >= 0.3 is 6.18 Å². The van der Waals surface area contributed by atoms with Crippen LogP contribution in [-0.4, -0.2) is 58.7 Å². The van der Waals surface area contributed by atoms with Crippen molar-refractivity contribution < 1.29 is 27.6 Å². The first-order valence-corrected chi connectivity index (χ1v) is 11.3. The van der Waals surface area contributed by atoms with Crippen molar-refractivity contribution in [3.8, 4) is 11.3 Å². The molecule has 0 radical (unpaired) electrons. The fourth-order valence-electron chi connectivity index (χ4n) is 3.95. The zero-order chi connectivity index (χ0) is 25.7. The van der Waals surface area contributed by atoms with Crippen molar-refractivity contribution in [2.24, 2.45) is 0 Å². The summed E-state index contributed by atoms with van der Waals surface area (Å²) in [5.74, 6) is -1.67. The van der Waals surface area contributed by atoms with Crippen LogP contribution in [0.4, 0.5) is 18.9 Å². The molecule has 10 heteroatoms. The summed E-state index contributed by atoms with van der Waals surface area (Å²) < 4.78 is 39.8. The van der Waals surface area contributed by atoms with Crippen LogP contribution in [0.15, 0.2) is 72.9 Å². The normalized spacial score (nSPS) is 13.9. The van der Waals surface area contributed by atoms with Gasteiger partial charge in [0.15, 0.2) is 0 Å². The highest BCUT2D eigenvalue weighted by Gasteiger charge is 2.36. The maximum absolute atomic E-state index is 13.3. The molecular formula is C26H23F3N4O3. The number of piperazine rings is 1. The average molecular weight is 496 g/mol. The molecule has 1 fully saturated rings. The molecule has 0 bridgehead atoms. The van der Waals surface area contributed by atoms with Crippen LogP contribution in [0.3, 0.4) is 0 Å². The van der Waals surface area contributed by atoms with Crippen molar-refractivity contribution in [2.75, 3.05) is 31.5 Å². The predicted molar refractivity (Wildman–Crippen MR) is 127 cm³/mol. The molecule has 1 saturated heterocycles. The van der Waals surface area contributed by atoms with E-state index in [1.165, 1.54) is 28.1 Å². The number of alkyl halides is 3. The highest BCUT2D eigenvalue weighted by Crippen LogP contribution is 2.32. The minimum absolute atomic E-state index is 0.0727. The van der Waals surface area contributed by atoms with Crippen LogP contribution in [0.2, 0.25) is 0 Å². The molecular weight excluding hydrogens is 473 g/mol.